The fraction of sp³-hybridized carbons (Fsp3) is 0.541. The molecule has 2 aromatic carbocycles. The molecule has 8 N–H and O–H groups in total. The van der Waals surface area contributed by atoms with Crippen LogP contribution in [0.25, 0.3) is 11.1 Å². The Bertz CT molecular complexity index is 1700. The first-order valence-electron chi connectivity index (χ1n) is 16.9. The number of halogens is 2. The molecule has 3 heterocycles. The lowest BCUT2D eigenvalue weighted by Crippen LogP contribution is -2.58. The Labute approximate surface area is 291 Å². The monoisotopic (exact) mass is 711 g/mol. The fourth-order valence-electron chi connectivity index (χ4n) is 7.75. The topological polar surface area (TPSA) is 201 Å². The van der Waals surface area contributed by atoms with E-state index in [9.17, 15) is 54.4 Å². The number of hydrogen-bond acceptors (Lipinski definition) is 11. The van der Waals surface area contributed by atoms with Gasteiger partial charge in [-0.3, -0.25) is 4.79 Å². The third kappa shape index (κ3) is 6.23. The highest BCUT2D eigenvalue weighted by Gasteiger charge is 2.62. The number of rotatable bonds is 3. The van der Waals surface area contributed by atoms with E-state index in [0.29, 0.717) is 24.0 Å². The quantitative estimate of drug-likeness (QED) is 0.175. The number of carbonyl (C=O) groups is 1. The third-order valence-electron chi connectivity index (χ3n) is 10.9. The molecule has 14 heteroatoms. The summed E-state index contributed by atoms with van der Waals surface area (Å²) in [4.78, 5) is 14.4. The van der Waals surface area contributed by atoms with Crippen LogP contribution >= 0.6 is 0 Å². The Morgan fingerprint density at radius 1 is 0.725 bits per heavy atom. The van der Waals surface area contributed by atoms with E-state index in [1.807, 2.05) is 24.3 Å². The van der Waals surface area contributed by atoms with Crippen molar-refractivity contribution in [3.8, 4) is 34.8 Å². The van der Waals surface area contributed by atoms with Gasteiger partial charge in [-0.15, -0.1) is 0 Å². The van der Waals surface area contributed by atoms with Crippen LogP contribution in [0.2, 0.25) is 0 Å². The number of amides is 1. The van der Waals surface area contributed by atoms with E-state index in [4.69, 9.17) is 9.47 Å². The van der Waals surface area contributed by atoms with Crippen LogP contribution in [-0.2, 0) is 19.7 Å². The molecule has 1 saturated carbocycles. The lowest BCUT2D eigenvalue weighted by Gasteiger charge is -2.41. The first kappa shape index (κ1) is 35.9. The van der Waals surface area contributed by atoms with Crippen molar-refractivity contribution in [2.24, 2.45) is 5.92 Å². The number of hydrogen-bond donors (Lipinski definition) is 8. The summed E-state index contributed by atoms with van der Waals surface area (Å²) in [6, 6.07) is 11.1. The SMILES string of the molecule is O=C(C1CC1(F)F)N1CCC2(CC1)c1cc(C#C[C@H]3O[C@H](CO)[C@@H](O)[C@H](O)[C@@H]3O)ccc1-c1ccc(C#C[C@H]3O[C@H](CO)[C@@H](O)[C@H](O)[C@@H]3O)cc12. The maximum atomic E-state index is 13.8. The van der Waals surface area contributed by atoms with Crippen molar-refractivity contribution in [3.63, 3.8) is 0 Å². The molecule has 5 aliphatic rings. The summed E-state index contributed by atoms with van der Waals surface area (Å²) in [5.74, 6) is 6.71. The molecule has 3 aliphatic heterocycles. The number of fused-ring (bicyclic) bond motifs is 5. The summed E-state index contributed by atoms with van der Waals surface area (Å²) >= 11 is 0. The van der Waals surface area contributed by atoms with E-state index in [1.54, 1.807) is 12.1 Å². The summed E-state index contributed by atoms with van der Waals surface area (Å²) in [6.45, 7) is -0.719. The second kappa shape index (κ2) is 13.5. The van der Waals surface area contributed by atoms with Gasteiger partial charge in [-0.1, -0.05) is 35.8 Å². The number of ether oxygens (including phenoxy) is 2. The van der Waals surface area contributed by atoms with Crippen LogP contribution in [0.3, 0.4) is 0 Å². The lowest BCUT2D eigenvalue weighted by atomic mass is 9.70. The molecule has 2 aliphatic carbocycles. The highest BCUT2D eigenvalue weighted by Crippen LogP contribution is 2.55. The summed E-state index contributed by atoms with van der Waals surface area (Å²) in [5, 5.41) is 80.6. The number of carbonyl (C=O) groups excluding carboxylic acids is 1. The number of nitrogens with zero attached hydrogens (tertiary/aromatic N) is 1. The summed E-state index contributed by atoms with van der Waals surface area (Å²) in [6.07, 6.45) is -13.5. The van der Waals surface area contributed by atoms with Gasteiger partial charge in [-0.25, -0.2) is 8.78 Å². The van der Waals surface area contributed by atoms with Crippen molar-refractivity contribution in [3.05, 3.63) is 58.7 Å². The minimum Gasteiger partial charge on any atom is -0.394 e. The fourth-order valence-corrected chi connectivity index (χ4v) is 7.75. The van der Waals surface area contributed by atoms with E-state index in [1.165, 1.54) is 4.90 Å². The molecule has 1 amide bonds. The number of piperidine rings is 1. The van der Waals surface area contributed by atoms with E-state index < -0.39 is 104 Å². The van der Waals surface area contributed by atoms with E-state index in [2.05, 4.69) is 23.7 Å². The van der Waals surface area contributed by atoms with Crippen molar-refractivity contribution in [2.75, 3.05) is 26.3 Å². The Hall–Kier alpha value is -3.51. The molecule has 2 aromatic rings. The molecule has 51 heavy (non-hydrogen) atoms. The Balaban J connectivity index is 1.21. The molecule has 1 unspecified atom stereocenters. The number of benzene rings is 2. The molecule has 0 aromatic heterocycles. The van der Waals surface area contributed by atoms with Gasteiger partial charge < -0.3 is 55.2 Å². The first-order chi connectivity index (χ1) is 24.3. The zero-order valence-corrected chi connectivity index (χ0v) is 27.3. The van der Waals surface area contributed by atoms with Crippen LogP contribution in [0.4, 0.5) is 8.78 Å². The van der Waals surface area contributed by atoms with Crippen LogP contribution in [0.15, 0.2) is 36.4 Å². The maximum absolute atomic E-state index is 13.8. The molecule has 4 fully saturated rings. The molecule has 11 atom stereocenters. The van der Waals surface area contributed by atoms with Gasteiger partial charge in [0.1, 0.15) is 67.0 Å². The van der Waals surface area contributed by atoms with Crippen LogP contribution in [0.5, 0.6) is 0 Å². The zero-order valence-electron chi connectivity index (χ0n) is 27.3. The molecule has 3 saturated heterocycles. The van der Waals surface area contributed by atoms with Crippen molar-refractivity contribution in [1.82, 2.24) is 4.90 Å². The minimum absolute atomic E-state index is 0.228. The smallest absolute Gasteiger partial charge is 0.260 e. The molecule has 12 nitrogen and oxygen atoms in total. The number of aliphatic hydroxyl groups excluding tert-OH is 8. The van der Waals surface area contributed by atoms with Crippen LogP contribution in [-0.4, -0.2) is 145 Å². The maximum Gasteiger partial charge on any atom is 0.260 e. The van der Waals surface area contributed by atoms with Crippen molar-refractivity contribution < 1.29 is 63.9 Å². The number of likely N-dealkylation sites (tertiary alicyclic amines) is 1. The van der Waals surface area contributed by atoms with Gasteiger partial charge in [0.15, 0.2) is 0 Å². The molecule has 7 rings (SSSR count). The largest absolute Gasteiger partial charge is 0.394 e. The predicted molar refractivity (Wildman–Crippen MR) is 173 cm³/mol. The van der Waals surface area contributed by atoms with Gasteiger partial charge in [-0.2, -0.15) is 0 Å². The van der Waals surface area contributed by atoms with Gasteiger partial charge >= 0.3 is 0 Å². The standard InChI is InChI=1S/C37H39F2NO11/c38-37(39)15-24(37)35(49)40-11-9-36(10-12-40)22-13-18(3-7-25-29(43)33(47)31(45)27(16-41)50-25)1-5-20(22)21-6-2-19(14-23(21)36)4-8-26-30(44)34(48)32(46)28(17-42)51-26/h1-2,5-6,13-14,24-34,41-48H,9-12,15-17H2/t24?,25-,26-,27-,28-,29-,30-,31-,32-,33-,34-/m1/s1. The van der Waals surface area contributed by atoms with Crippen LogP contribution < -0.4 is 0 Å². The number of aliphatic hydroxyl groups is 8. The summed E-state index contributed by atoms with van der Waals surface area (Å²) in [7, 11) is 0. The predicted octanol–water partition coefficient (Wildman–Crippen LogP) is -1.38. The van der Waals surface area contributed by atoms with E-state index >= 15 is 0 Å². The molecular formula is C37H39F2NO11. The Kier molecular flexibility index (Phi) is 9.48. The molecule has 0 radical (unpaired) electrons. The highest BCUT2D eigenvalue weighted by molar-refractivity contribution is 5.85. The van der Waals surface area contributed by atoms with E-state index in [-0.39, 0.29) is 13.1 Å². The number of alkyl halides is 2. The van der Waals surface area contributed by atoms with Gasteiger partial charge in [0.2, 0.25) is 5.91 Å². The van der Waals surface area contributed by atoms with Gasteiger partial charge in [-0.05, 0) is 59.4 Å². The highest BCUT2D eigenvalue weighted by atomic mass is 19.3. The van der Waals surface area contributed by atoms with E-state index in [0.717, 1.165) is 22.3 Å². The summed E-state index contributed by atoms with van der Waals surface area (Å²) in [5.41, 5.74) is 3.97. The van der Waals surface area contributed by atoms with Crippen molar-refractivity contribution in [1.29, 1.82) is 0 Å². The average molecular weight is 712 g/mol. The van der Waals surface area contributed by atoms with Gasteiger partial charge in [0, 0.05) is 36.1 Å². The second-order valence-electron chi connectivity index (χ2n) is 14.0. The second-order valence-corrected chi connectivity index (χ2v) is 14.0. The minimum atomic E-state index is -2.98. The molecular weight excluding hydrogens is 672 g/mol. The normalized spacial score (nSPS) is 35.9. The molecule has 0 bridgehead atoms. The Morgan fingerprint density at radius 2 is 1.16 bits per heavy atom. The van der Waals surface area contributed by atoms with Gasteiger partial charge in [0.05, 0.1) is 13.2 Å². The van der Waals surface area contributed by atoms with Crippen molar-refractivity contribution in [2.45, 2.75) is 91.6 Å². The van der Waals surface area contributed by atoms with Crippen LogP contribution in [0, 0.1) is 29.6 Å². The summed E-state index contributed by atoms with van der Waals surface area (Å²) < 4.78 is 38.7. The average Bonchev–Trinajstić information content (AvgIpc) is 3.71. The zero-order chi connectivity index (χ0) is 36.4. The Morgan fingerprint density at radius 3 is 1.55 bits per heavy atom. The van der Waals surface area contributed by atoms with Gasteiger partial charge in [0.25, 0.3) is 5.92 Å². The van der Waals surface area contributed by atoms with Crippen LogP contribution in [0.1, 0.15) is 41.5 Å². The lowest BCUT2D eigenvalue weighted by molar-refractivity contribution is -0.214. The third-order valence-corrected chi connectivity index (χ3v) is 10.9. The molecule has 272 valence electrons. The first-order valence-corrected chi connectivity index (χ1v) is 16.9. The molecule has 1 spiro atoms. The van der Waals surface area contributed by atoms with Crippen molar-refractivity contribution >= 4 is 5.91 Å².